The minimum absolute atomic E-state index is 0.432. The Morgan fingerprint density at radius 2 is 2.06 bits per heavy atom. The molecule has 5 nitrogen and oxygen atoms in total. The second-order valence-corrected chi connectivity index (χ2v) is 3.74. The SMILES string of the molecule is NC(=O)C(O)C(O)c1cccc2ccncc12. The van der Waals surface area contributed by atoms with Crippen molar-refractivity contribution in [3.8, 4) is 0 Å². The number of fused-ring (bicyclic) bond motifs is 1. The van der Waals surface area contributed by atoms with Crippen LogP contribution in [0.15, 0.2) is 36.7 Å². The summed E-state index contributed by atoms with van der Waals surface area (Å²) in [6.07, 6.45) is 0.228. The van der Waals surface area contributed by atoms with Crippen LogP contribution < -0.4 is 5.73 Å². The first-order valence-electron chi connectivity index (χ1n) is 5.09. The third-order valence-electron chi connectivity index (χ3n) is 2.63. The zero-order chi connectivity index (χ0) is 12.4. The summed E-state index contributed by atoms with van der Waals surface area (Å²) in [7, 11) is 0. The molecule has 0 fully saturated rings. The average Bonchev–Trinajstić information content (AvgIpc) is 2.36. The van der Waals surface area contributed by atoms with E-state index in [4.69, 9.17) is 5.73 Å². The van der Waals surface area contributed by atoms with Crippen molar-refractivity contribution in [2.75, 3.05) is 0 Å². The highest BCUT2D eigenvalue weighted by atomic mass is 16.3. The van der Waals surface area contributed by atoms with Crippen LogP contribution in [0.5, 0.6) is 0 Å². The summed E-state index contributed by atoms with van der Waals surface area (Å²) in [5.74, 6) is -0.960. The molecular weight excluding hydrogens is 220 g/mol. The van der Waals surface area contributed by atoms with E-state index in [9.17, 15) is 15.0 Å². The summed E-state index contributed by atoms with van der Waals surface area (Å²) in [5, 5.41) is 20.9. The van der Waals surface area contributed by atoms with Gasteiger partial charge in [0.2, 0.25) is 5.91 Å². The van der Waals surface area contributed by atoms with E-state index >= 15 is 0 Å². The molecular formula is C12H12N2O3. The molecule has 0 bridgehead atoms. The van der Waals surface area contributed by atoms with E-state index in [0.29, 0.717) is 10.9 Å². The third-order valence-corrected chi connectivity index (χ3v) is 2.63. The van der Waals surface area contributed by atoms with E-state index < -0.39 is 18.1 Å². The molecule has 1 amide bonds. The summed E-state index contributed by atoms with van der Waals surface area (Å²) in [5.41, 5.74) is 5.39. The van der Waals surface area contributed by atoms with Crippen LogP contribution in [-0.4, -0.2) is 27.2 Å². The Morgan fingerprint density at radius 3 is 2.76 bits per heavy atom. The average molecular weight is 232 g/mol. The molecule has 2 atom stereocenters. The zero-order valence-corrected chi connectivity index (χ0v) is 8.95. The van der Waals surface area contributed by atoms with Gasteiger partial charge in [-0.2, -0.15) is 0 Å². The molecule has 0 saturated carbocycles. The van der Waals surface area contributed by atoms with Crippen molar-refractivity contribution in [1.82, 2.24) is 4.98 Å². The number of rotatable bonds is 3. The van der Waals surface area contributed by atoms with Gasteiger partial charge in [0, 0.05) is 17.8 Å². The lowest BCUT2D eigenvalue weighted by Crippen LogP contribution is -2.33. The van der Waals surface area contributed by atoms with Crippen molar-refractivity contribution in [3.63, 3.8) is 0 Å². The second-order valence-electron chi connectivity index (χ2n) is 3.74. The highest BCUT2D eigenvalue weighted by Crippen LogP contribution is 2.25. The van der Waals surface area contributed by atoms with Crippen LogP contribution in [0.4, 0.5) is 0 Å². The minimum atomic E-state index is -1.62. The third kappa shape index (κ3) is 2.11. The number of carbonyl (C=O) groups is 1. The molecule has 1 aromatic carbocycles. The van der Waals surface area contributed by atoms with Crippen LogP contribution in [0.25, 0.3) is 10.8 Å². The smallest absolute Gasteiger partial charge is 0.249 e. The number of amides is 1. The fraction of sp³-hybridized carbons (Fsp3) is 0.167. The Labute approximate surface area is 97.5 Å². The van der Waals surface area contributed by atoms with Gasteiger partial charge in [-0.3, -0.25) is 9.78 Å². The lowest BCUT2D eigenvalue weighted by atomic mass is 9.98. The first kappa shape index (κ1) is 11.5. The Bertz CT molecular complexity index is 551. The van der Waals surface area contributed by atoms with Gasteiger partial charge in [-0.25, -0.2) is 0 Å². The molecule has 88 valence electrons. The number of aliphatic hydroxyl groups excluding tert-OH is 2. The second kappa shape index (κ2) is 4.48. The quantitative estimate of drug-likeness (QED) is 0.700. The van der Waals surface area contributed by atoms with Gasteiger partial charge in [0.25, 0.3) is 0 Å². The Hall–Kier alpha value is -1.98. The number of aromatic nitrogens is 1. The van der Waals surface area contributed by atoms with E-state index in [1.54, 1.807) is 30.6 Å². The van der Waals surface area contributed by atoms with Gasteiger partial charge in [-0.1, -0.05) is 18.2 Å². The van der Waals surface area contributed by atoms with Crippen LogP contribution >= 0.6 is 0 Å². The molecule has 0 aliphatic carbocycles. The summed E-state index contributed by atoms with van der Waals surface area (Å²) in [6, 6.07) is 6.99. The number of nitrogens with two attached hydrogens (primary N) is 1. The van der Waals surface area contributed by atoms with E-state index in [0.717, 1.165) is 5.39 Å². The van der Waals surface area contributed by atoms with Gasteiger partial charge in [0.1, 0.15) is 6.10 Å². The van der Waals surface area contributed by atoms with Crippen molar-refractivity contribution in [2.24, 2.45) is 5.73 Å². The number of hydrogen-bond donors (Lipinski definition) is 3. The topological polar surface area (TPSA) is 96.4 Å². The van der Waals surface area contributed by atoms with Crippen LogP contribution in [-0.2, 0) is 4.79 Å². The fourth-order valence-electron chi connectivity index (χ4n) is 1.72. The molecule has 5 heteroatoms. The molecule has 17 heavy (non-hydrogen) atoms. The standard InChI is InChI=1S/C12H12N2O3/c13-12(17)11(16)10(15)8-3-1-2-7-4-5-14-6-9(7)8/h1-6,10-11,15-16H,(H2,13,17). The monoisotopic (exact) mass is 232 g/mol. The first-order valence-corrected chi connectivity index (χ1v) is 5.09. The number of pyridine rings is 1. The molecule has 0 radical (unpaired) electrons. The van der Waals surface area contributed by atoms with E-state index in [1.165, 1.54) is 0 Å². The molecule has 4 N–H and O–H groups in total. The van der Waals surface area contributed by atoms with Gasteiger partial charge < -0.3 is 15.9 Å². The number of aliphatic hydroxyl groups is 2. The number of hydrogen-bond acceptors (Lipinski definition) is 4. The van der Waals surface area contributed by atoms with Crippen LogP contribution in [0.2, 0.25) is 0 Å². The van der Waals surface area contributed by atoms with Crippen molar-refractivity contribution < 1.29 is 15.0 Å². The Kier molecular flexibility index (Phi) is 3.03. The maximum atomic E-state index is 10.8. The van der Waals surface area contributed by atoms with Crippen LogP contribution in [0.3, 0.4) is 0 Å². The van der Waals surface area contributed by atoms with Gasteiger partial charge in [-0.15, -0.1) is 0 Å². The van der Waals surface area contributed by atoms with Crippen molar-refractivity contribution in [3.05, 3.63) is 42.2 Å². The lowest BCUT2D eigenvalue weighted by Gasteiger charge is -2.16. The van der Waals surface area contributed by atoms with Crippen molar-refractivity contribution in [2.45, 2.75) is 12.2 Å². The molecule has 1 heterocycles. The number of primary amides is 1. The van der Waals surface area contributed by atoms with Gasteiger partial charge >= 0.3 is 0 Å². The predicted molar refractivity (Wildman–Crippen MR) is 61.9 cm³/mol. The maximum absolute atomic E-state index is 10.8. The Balaban J connectivity index is 2.52. The molecule has 0 spiro atoms. The summed E-state index contributed by atoms with van der Waals surface area (Å²) in [4.78, 5) is 14.8. The number of nitrogens with zero attached hydrogens (tertiary/aromatic N) is 1. The van der Waals surface area contributed by atoms with E-state index in [-0.39, 0.29) is 0 Å². The lowest BCUT2D eigenvalue weighted by molar-refractivity contribution is -0.131. The van der Waals surface area contributed by atoms with Gasteiger partial charge in [-0.05, 0) is 17.0 Å². The molecule has 2 unspecified atom stereocenters. The predicted octanol–water partition coefficient (Wildman–Crippen LogP) is 0.114. The highest BCUT2D eigenvalue weighted by molar-refractivity contribution is 5.86. The minimum Gasteiger partial charge on any atom is -0.385 e. The molecule has 0 aliphatic heterocycles. The number of benzene rings is 1. The normalized spacial score (nSPS) is 14.5. The molecule has 2 rings (SSSR count). The van der Waals surface area contributed by atoms with Crippen LogP contribution in [0, 0.1) is 0 Å². The molecule has 0 aliphatic rings. The maximum Gasteiger partial charge on any atom is 0.249 e. The summed E-state index contributed by atoms with van der Waals surface area (Å²) >= 11 is 0. The van der Waals surface area contributed by atoms with E-state index in [2.05, 4.69) is 4.98 Å². The number of carbonyl (C=O) groups excluding carboxylic acids is 1. The molecule has 0 saturated heterocycles. The first-order chi connectivity index (χ1) is 8.11. The molecule has 2 aromatic rings. The summed E-state index contributed by atoms with van der Waals surface area (Å²) in [6.45, 7) is 0. The highest BCUT2D eigenvalue weighted by Gasteiger charge is 2.24. The van der Waals surface area contributed by atoms with E-state index in [1.807, 2.05) is 6.07 Å². The van der Waals surface area contributed by atoms with Gasteiger partial charge in [0.05, 0.1) is 0 Å². The zero-order valence-electron chi connectivity index (χ0n) is 8.95. The largest absolute Gasteiger partial charge is 0.385 e. The fourth-order valence-corrected chi connectivity index (χ4v) is 1.72. The van der Waals surface area contributed by atoms with Crippen molar-refractivity contribution >= 4 is 16.7 Å². The Morgan fingerprint density at radius 1 is 1.29 bits per heavy atom. The van der Waals surface area contributed by atoms with Crippen LogP contribution in [0.1, 0.15) is 11.7 Å². The van der Waals surface area contributed by atoms with Gasteiger partial charge in [0.15, 0.2) is 6.10 Å². The molecule has 1 aromatic heterocycles. The summed E-state index contributed by atoms with van der Waals surface area (Å²) < 4.78 is 0. The van der Waals surface area contributed by atoms with Crippen molar-refractivity contribution in [1.29, 1.82) is 0 Å².